The van der Waals surface area contributed by atoms with Crippen LogP contribution < -0.4 is 21.1 Å². The van der Waals surface area contributed by atoms with Gasteiger partial charge in [0.25, 0.3) is 5.91 Å². The van der Waals surface area contributed by atoms with Crippen molar-refractivity contribution in [2.24, 2.45) is 11.7 Å². The molecule has 186 valence electrons. The molecule has 12 heteroatoms. The average Bonchev–Trinajstić information content (AvgIpc) is 3.33. The van der Waals surface area contributed by atoms with Gasteiger partial charge in [-0.25, -0.2) is 0 Å². The van der Waals surface area contributed by atoms with Crippen molar-refractivity contribution >= 4 is 29.0 Å². The maximum Gasteiger partial charge on any atom is 0.271 e. The summed E-state index contributed by atoms with van der Waals surface area (Å²) < 4.78 is 10.5. The maximum atomic E-state index is 12.1. The van der Waals surface area contributed by atoms with E-state index in [9.17, 15) is 14.9 Å². The molecule has 5 N–H and O–H groups in total. The molecule has 3 aromatic rings. The van der Waals surface area contributed by atoms with Gasteiger partial charge in [0.05, 0.1) is 24.7 Å². The van der Waals surface area contributed by atoms with E-state index in [2.05, 4.69) is 31.0 Å². The second kappa shape index (κ2) is 11.3. The van der Waals surface area contributed by atoms with Gasteiger partial charge in [-0.15, -0.1) is 10.2 Å². The number of anilines is 3. The Bertz CT molecular complexity index is 1280. The van der Waals surface area contributed by atoms with Gasteiger partial charge in [-0.05, 0) is 31.7 Å². The van der Waals surface area contributed by atoms with Gasteiger partial charge in [-0.2, -0.15) is 10.4 Å². The van der Waals surface area contributed by atoms with Gasteiger partial charge < -0.3 is 25.8 Å². The van der Waals surface area contributed by atoms with Crippen LogP contribution >= 0.6 is 0 Å². The van der Waals surface area contributed by atoms with Crippen LogP contribution in [0.3, 0.4) is 0 Å². The summed E-state index contributed by atoms with van der Waals surface area (Å²) in [5, 5.41) is 29.3. The Morgan fingerprint density at radius 2 is 1.97 bits per heavy atom. The first-order valence-electron chi connectivity index (χ1n) is 11.5. The predicted molar refractivity (Wildman–Crippen MR) is 131 cm³/mol. The fourth-order valence-corrected chi connectivity index (χ4v) is 3.60. The number of carbonyl (C=O) groups is 2. The normalized spacial score (nSPS) is 14.2. The number of nitrogens with two attached hydrogens (primary N) is 1. The molecule has 36 heavy (non-hydrogen) atoms. The van der Waals surface area contributed by atoms with Crippen molar-refractivity contribution in [2.45, 2.75) is 25.7 Å². The Hall–Kier alpha value is -4.50. The number of para-hydroxylation sites is 1. The third-order valence-electron chi connectivity index (χ3n) is 5.58. The lowest BCUT2D eigenvalue weighted by Crippen LogP contribution is -2.19. The summed E-state index contributed by atoms with van der Waals surface area (Å²) in [5.41, 5.74) is 7.53. The van der Waals surface area contributed by atoms with Crippen LogP contribution in [0, 0.1) is 17.2 Å². The van der Waals surface area contributed by atoms with E-state index in [1.165, 1.54) is 32.2 Å². The quantitative estimate of drug-likeness (QED) is 0.387. The second-order valence-corrected chi connectivity index (χ2v) is 8.22. The van der Waals surface area contributed by atoms with Crippen LogP contribution in [0.25, 0.3) is 11.1 Å². The number of H-pyrrole nitrogens is 1. The molecule has 0 bridgehead atoms. The van der Waals surface area contributed by atoms with E-state index in [-0.39, 0.29) is 34.7 Å². The minimum absolute atomic E-state index is 0.0184. The van der Waals surface area contributed by atoms with E-state index in [4.69, 9.17) is 15.2 Å². The zero-order valence-corrected chi connectivity index (χ0v) is 19.7. The number of nitrogens with zero attached hydrogens (tertiary/aromatic N) is 4. The summed E-state index contributed by atoms with van der Waals surface area (Å²) in [7, 11) is 1.48. The van der Waals surface area contributed by atoms with Crippen LogP contribution in [0.2, 0.25) is 0 Å². The van der Waals surface area contributed by atoms with Gasteiger partial charge in [0.2, 0.25) is 5.91 Å². The van der Waals surface area contributed by atoms with Crippen LogP contribution in [0.4, 0.5) is 17.2 Å². The molecule has 12 nitrogen and oxygen atoms in total. The summed E-state index contributed by atoms with van der Waals surface area (Å²) >= 11 is 0. The van der Waals surface area contributed by atoms with E-state index in [0.717, 1.165) is 26.1 Å². The second-order valence-electron chi connectivity index (χ2n) is 8.22. The number of ether oxygens (including phenoxy) is 2. The van der Waals surface area contributed by atoms with Gasteiger partial charge in [-0.3, -0.25) is 14.7 Å². The summed E-state index contributed by atoms with van der Waals surface area (Å²) in [4.78, 5) is 23.9. The minimum atomic E-state index is -0.785. The largest absolute Gasteiger partial charge is 0.494 e. The Morgan fingerprint density at radius 1 is 1.19 bits per heavy atom. The number of hydrogen-bond donors (Lipinski definition) is 4. The Morgan fingerprint density at radius 3 is 2.58 bits per heavy atom. The van der Waals surface area contributed by atoms with E-state index >= 15 is 0 Å². The molecule has 0 atom stereocenters. The zero-order chi connectivity index (χ0) is 25.5. The number of nitrogens with one attached hydrogen (secondary N) is 3. The van der Waals surface area contributed by atoms with Crippen molar-refractivity contribution < 1.29 is 19.1 Å². The van der Waals surface area contributed by atoms with Crippen LogP contribution in [-0.2, 0) is 9.53 Å². The monoisotopic (exact) mass is 490 g/mol. The lowest BCUT2D eigenvalue weighted by Gasteiger charge is -2.16. The SMILES string of the molecule is C1CCOC1.COc1c(Nc2cc(NC(=O)C3CC3)nnc2C(N)=O)cccc1-c1cn[nH]c1C#N. The van der Waals surface area contributed by atoms with Crippen molar-refractivity contribution in [3.05, 3.63) is 41.9 Å². The molecule has 0 unspecified atom stereocenters. The molecule has 2 aliphatic rings. The summed E-state index contributed by atoms with van der Waals surface area (Å²) in [6.45, 7) is 2.00. The van der Waals surface area contributed by atoms with Crippen LogP contribution in [0.15, 0.2) is 30.5 Å². The number of carbonyl (C=O) groups excluding carboxylic acids is 2. The summed E-state index contributed by atoms with van der Waals surface area (Å²) in [5.74, 6) is -0.338. The number of hydrogen-bond acceptors (Lipinski definition) is 9. The molecule has 1 saturated heterocycles. The highest BCUT2D eigenvalue weighted by molar-refractivity contribution is 5.99. The first-order valence-corrected chi connectivity index (χ1v) is 11.5. The van der Waals surface area contributed by atoms with Gasteiger partial charge in [0.1, 0.15) is 17.5 Å². The predicted octanol–water partition coefficient (Wildman–Crippen LogP) is 2.73. The third-order valence-corrected chi connectivity index (χ3v) is 5.58. The highest BCUT2D eigenvalue weighted by atomic mass is 16.5. The number of nitriles is 1. The first kappa shape index (κ1) is 24.6. The third kappa shape index (κ3) is 5.76. The van der Waals surface area contributed by atoms with Crippen LogP contribution in [0.5, 0.6) is 5.75 Å². The smallest absolute Gasteiger partial charge is 0.271 e. The van der Waals surface area contributed by atoms with E-state index < -0.39 is 5.91 Å². The van der Waals surface area contributed by atoms with Crippen molar-refractivity contribution in [2.75, 3.05) is 31.0 Å². The number of primary amides is 1. The average molecular weight is 491 g/mol. The Labute approximate surface area is 207 Å². The molecule has 2 amide bonds. The lowest BCUT2D eigenvalue weighted by molar-refractivity contribution is -0.117. The van der Waals surface area contributed by atoms with Crippen molar-refractivity contribution in [3.8, 4) is 22.9 Å². The van der Waals surface area contributed by atoms with E-state index in [1.54, 1.807) is 18.2 Å². The number of rotatable bonds is 7. The first-order chi connectivity index (χ1) is 17.5. The fourth-order valence-electron chi connectivity index (χ4n) is 3.60. The highest BCUT2D eigenvalue weighted by Gasteiger charge is 2.30. The van der Waals surface area contributed by atoms with E-state index in [0.29, 0.717) is 22.6 Å². The molecule has 1 aliphatic heterocycles. The van der Waals surface area contributed by atoms with E-state index in [1.807, 2.05) is 6.07 Å². The highest BCUT2D eigenvalue weighted by Crippen LogP contribution is 2.39. The molecule has 3 heterocycles. The standard InChI is InChI=1S/C20H18N8O3.C4H8O/c1-31-18-11(12-9-23-26-15(12)8-21)3-2-4-13(18)24-14-7-16(25-20(30)10-5-6-10)27-28-17(14)19(22)29;1-2-4-5-3-1/h2-4,7,9-10H,5-6H2,1H3,(H2,22,29)(H,23,26)(H2,24,25,27,30);1-4H2. The van der Waals surface area contributed by atoms with Gasteiger partial charge in [0.15, 0.2) is 11.5 Å². The molecule has 2 fully saturated rings. The Balaban J connectivity index is 0.000000543. The topological polar surface area (TPSA) is 181 Å². The molecule has 0 radical (unpaired) electrons. The lowest BCUT2D eigenvalue weighted by atomic mass is 10.0. The molecule has 0 spiro atoms. The van der Waals surface area contributed by atoms with Gasteiger partial charge in [-0.1, -0.05) is 12.1 Å². The molecule has 2 aromatic heterocycles. The molecule has 5 rings (SSSR count). The minimum Gasteiger partial charge on any atom is -0.494 e. The number of aromatic nitrogens is 4. The molecule has 1 saturated carbocycles. The number of aromatic amines is 1. The number of amides is 2. The van der Waals surface area contributed by atoms with Crippen molar-refractivity contribution in [1.82, 2.24) is 20.4 Å². The van der Waals surface area contributed by atoms with Crippen LogP contribution in [0.1, 0.15) is 41.9 Å². The zero-order valence-electron chi connectivity index (χ0n) is 19.7. The van der Waals surface area contributed by atoms with Crippen LogP contribution in [-0.4, -0.2) is 52.5 Å². The summed E-state index contributed by atoms with van der Waals surface area (Å²) in [6.07, 6.45) is 5.76. The number of benzene rings is 1. The van der Waals surface area contributed by atoms with Gasteiger partial charge in [0, 0.05) is 36.3 Å². The Kier molecular flexibility index (Phi) is 7.72. The molecule has 1 aromatic carbocycles. The van der Waals surface area contributed by atoms with Crippen molar-refractivity contribution in [1.29, 1.82) is 5.26 Å². The number of methoxy groups -OCH3 is 1. The molecular formula is C24H26N8O4. The fraction of sp³-hybridized carbons (Fsp3) is 0.333. The maximum absolute atomic E-state index is 12.1. The molecular weight excluding hydrogens is 464 g/mol. The van der Waals surface area contributed by atoms with Crippen molar-refractivity contribution in [3.63, 3.8) is 0 Å². The van der Waals surface area contributed by atoms with Gasteiger partial charge >= 0.3 is 0 Å². The molecule has 1 aliphatic carbocycles. The summed E-state index contributed by atoms with van der Waals surface area (Å²) in [6, 6.07) is 8.78.